The van der Waals surface area contributed by atoms with Crippen LogP contribution in [0.15, 0.2) is 46.9 Å². The fourth-order valence-corrected chi connectivity index (χ4v) is 3.56. The van der Waals surface area contributed by atoms with Crippen LogP contribution in [0.2, 0.25) is 5.02 Å². The SMILES string of the molecule is CCCNC(=O)[C@H](C)N(Cc1ccccc1C)C(=O)COc1ccc(Cl)cc1Br. The third-order valence-corrected chi connectivity index (χ3v) is 5.42. The molecule has 0 unspecified atom stereocenters. The highest BCUT2D eigenvalue weighted by Crippen LogP contribution is 2.28. The number of ether oxygens (including phenoxy) is 1. The Morgan fingerprint density at radius 3 is 2.62 bits per heavy atom. The van der Waals surface area contributed by atoms with Gasteiger partial charge in [-0.3, -0.25) is 9.59 Å². The molecule has 156 valence electrons. The second-order valence-electron chi connectivity index (χ2n) is 6.78. The monoisotopic (exact) mass is 480 g/mol. The lowest BCUT2D eigenvalue weighted by atomic mass is 10.1. The first-order chi connectivity index (χ1) is 13.8. The maximum atomic E-state index is 13.0. The van der Waals surface area contributed by atoms with Gasteiger partial charge >= 0.3 is 0 Å². The zero-order valence-electron chi connectivity index (χ0n) is 16.9. The standard InChI is InChI=1S/C22H26BrClN2O3/c1-4-11-25-22(28)16(3)26(13-17-8-6-5-7-15(17)2)21(27)14-29-20-10-9-18(24)12-19(20)23/h5-10,12,16H,4,11,13-14H2,1-3H3,(H,25,28)/t16-/m0/s1. The van der Waals surface area contributed by atoms with Gasteiger partial charge in [0.05, 0.1) is 4.47 Å². The lowest BCUT2D eigenvalue weighted by Gasteiger charge is -2.29. The molecule has 0 spiro atoms. The van der Waals surface area contributed by atoms with Crippen molar-refractivity contribution in [3.63, 3.8) is 0 Å². The van der Waals surface area contributed by atoms with Crippen LogP contribution in [0.5, 0.6) is 5.75 Å². The molecule has 0 saturated heterocycles. The highest BCUT2D eigenvalue weighted by Gasteiger charge is 2.26. The Hall–Kier alpha value is -2.05. The number of aryl methyl sites for hydroxylation is 1. The summed E-state index contributed by atoms with van der Waals surface area (Å²) in [5.74, 6) is 0.0670. The summed E-state index contributed by atoms with van der Waals surface area (Å²) in [6.07, 6.45) is 0.831. The molecular formula is C22H26BrClN2O3. The molecule has 29 heavy (non-hydrogen) atoms. The van der Waals surface area contributed by atoms with Gasteiger partial charge in [-0.15, -0.1) is 0 Å². The van der Waals surface area contributed by atoms with Crippen LogP contribution >= 0.6 is 27.5 Å². The second kappa shape index (κ2) is 11.2. The normalized spacial score (nSPS) is 11.6. The van der Waals surface area contributed by atoms with Crippen LogP contribution < -0.4 is 10.1 Å². The minimum absolute atomic E-state index is 0.179. The maximum Gasteiger partial charge on any atom is 0.261 e. The van der Waals surface area contributed by atoms with E-state index in [4.69, 9.17) is 16.3 Å². The second-order valence-corrected chi connectivity index (χ2v) is 8.07. The van der Waals surface area contributed by atoms with E-state index >= 15 is 0 Å². The van der Waals surface area contributed by atoms with Crippen molar-refractivity contribution in [2.24, 2.45) is 0 Å². The molecule has 0 aromatic heterocycles. The number of hydrogen-bond donors (Lipinski definition) is 1. The first-order valence-corrected chi connectivity index (χ1v) is 10.7. The van der Waals surface area contributed by atoms with Crippen molar-refractivity contribution in [1.29, 1.82) is 0 Å². The van der Waals surface area contributed by atoms with Crippen LogP contribution in [0.25, 0.3) is 0 Å². The van der Waals surface area contributed by atoms with E-state index in [0.29, 0.717) is 28.3 Å². The van der Waals surface area contributed by atoms with E-state index in [1.807, 2.05) is 38.1 Å². The van der Waals surface area contributed by atoms with Gasteiger partial charge in [0.2, 0.25) is 5.91 Å². The van der Waals surface area contributed by atoms with Crippen LogP contribution in [0, 0.1) is 6.92 Å². The number of amides is 2. The molecule has 2 rings (SSSR count). The van der Waals surface area contributed by atoms with E-state index in [0.717, 1.165) is 17.5 Å². The molecule has 0 radical (unpaired) electrons. The van der Waals surface area contributed by atoms with E-state index in [9.17, 15) is 9.59 Å². The van der Waals surface area contributed by atoms with Crippen molar-refractivity contribution in [1.82, 2.24) is 10.2 Å². The number of nitrogens with one attached hydrogen (secondary N) is 1. The fourth-order valence-electron chi connectivity index (χ4n) is 2.76. The van der Waals surface area contributed by atoms with Crippen molar-refractivity contribution < 1.29 is 14.3 Å². The molecular weight excluding hydrogens is 456 g/mol. The van der Waals surface area contributed by atoms with Gasteiger partial charge in [-0.2, -0.15) is 0 Å². The van der Waals surface area contributed by atoms with Gasteiger partial charge in [-0.25, -0.2) is 0 Å². The minimum atomic E-state index is -0.620. The van der Waals surface area contributed by atoms with E-state index < -0.39 is 6.04 Å². The minimum Gasteiger partial charge on any atom is -0.483 e. The molecule has 2 amide bonds. The molecule has 1 atom stereocenters. The Labute approximate surface area is 185 Å². The molecule has 0 aliphatic rings. The van der Waals surface area contributed by atoms with Gasteiger partial charge in [0, 0.05) is 18.1 Å². The smallest absolute Gasteiger partial charge is 0.261 e. The predicted molar refractivity (Wildman–Crippen MR) is 119 cm³/mol. The van der Waals surface area contributed by atoms with E-state index in [-0.39, 0.29) is 18.4 Å². The van der Waals surface area contributed by atoms with E-state index in [1.54, 1.807) is 30.0 Å². The van der Waals surface area contributed by atoms with Crippen molar-refractivity contribution in [2.75, 3.05) is 13.2 Å². The predicted octanol–water partition coefficient (Wildman–Crippen LogP) is 4.73. The number of rotatable bonds is 9. The molecule has 0 fully saturated rings. The molecule has 2 aromatic rings. The average molecular weight is 482 g/mol. The quantitative estimate of drug-likeness (QED) is 0.563. The van der Waals surface area contributed by atoms with Crippen molar-refractivity contribution in [3.05, 3.63) is 63.1 Å². The summed E-state index contributed by atoms with van der Waals surface area (Å²) in [5, 5.41) is 3.43. The fraction of sp³-hybridized carbons (Fsp3) is 0.364. The lowest BCUT2D eigenvalue weighted by molar-refractivity contribution is -0.142. The Morgan fingerprint density at radius 2 is 1.97 bits per heavy atom. The molecule has 0 aliphatic carbocycles. The van der Waals surface area contributed by atoms with Gasteiger partial charge in [0.15, 0.2) is 6.61 Å². The molecule has 2 aromatic carbocycles. The van der Waals surface area contributed by atoms with Gasteiger partial charge in [-0.05, 0) is 65.5 Å². The Kier molecular flexibility index (Phi) is 8.99. The summed E-state index contributed by atoms with van der Waals surface area (Å²) in [4.78, 5) is 27.1. The topological polar surface area (TPSA) is 58.6 Å². The Balaban J connectivity index is 2.17. The largest absolute Gasteiger partial charge is 0.483 e. The van der Waals surface area contributed by atoms with Gasteiger partial charge in [0.1, 0.15) is 11.8 Å². The number of hydrogen-bond acceptors (Lipinski definition) is 3. The molecule has 5 nitrogen and oxygen atoms in total. The van der Waals surface area contributed by atoms with Crippen LogP contribution in [0.3, 0.4) is 0 Å². The third-order valence-electron chi connectivity index (χ3n) is 4.56. The average Bonchev–Trinajstić information content (AvgIpc) is 2.70. The lowest BCUT2D eigenvalue weighted by Crippen LogP contribution is -2.49. The van der Waals surface area contributed by atoms with Crippen molar-refractivity contribution in [3.8, 4) is 5.75 Å². The van der Waals surface area contributed by atoms with Crippen molar-refractivity contribution >= 4 is 39.3 Å². The molecule has 0 heterocycles. The summed E-state index contributed by atoms with van der Waals surface area (Å²) in [6, 6.07) is 12.3. The third kappa shape index (κ3) is 6.75. The Morgan fingerprint density at radius 1 is 1.24 bits per heavy atom. The summed E-state index contributed by atoms with van der Waals surface area (Å²) >= 11 is 9.33. The zero-order chi connectivity index (χ0) is 21.4. The van der Waals surface area contributed by atoms with Gasteiger partial charge < -0.3 is 15.0 Å². The van der Waals surface area contributed by atoms with Crippen LogP contribution in [-0.2, 0) is 16.1 Å². The van der Waals surface area contributed by atoms with Crippen LogP contribution in [0.1, 0.15) is 31.4 Å². The first kappa shape index (κ1) is 23.2. The highest BCUT2D eigenvalue weighted by atomic mass is 79.9. The maximum absolute atomic E-state index is 13.0. The van der Waals surface area contributed by atoms with Crippen molar-refractivity contribution in [2.45, 2.75) is 39.8 Å². The molecule has 0 bridgehead atoms. The number of carbonyl (C=O) groups is 2. The van der Waals surface area contributed by atoms with E-state index in [1.165, 1.54) is 0 Å². The van der Waals surface area contributed by atoms with Crippen LogP contribution in [-0.4, -0.2) is 35.9 Å². The molecule has 0 saturated carbocycles. The number of halogens is 2. The molecule has 1 N–H and O–H groups in total. The number of benzene rings is 2. The van der Waals surface area contributed by atoms with Gasteiger partial charge in [0.25, 0.3) is 5.91 Å². The summed E-state index contributed by atoms with van der Waals surface area (Å²) < 4.78 is 6.35. The van der Waals surface area contributed by atoms with E-state index in [2.05, 4.69) is 21.2 Å². The van der Waals surface area contributed by atoms with Gasteiger partial charge in [-0.1, -0.05) is 42.8 Å². The van der Waals surface area contributed by atoms with Crippen LogP contribution in [0.4, 0.5) is 0 Å². The summed E-state index contributed by atoms with van der Waals surface area (Å²) in [5.41, 5.74) is 2.05. The first-order valence-electron chi connectivity index (χ1n) is 9.53. The Bertz CT molecular complexity index is 860. The molecule has 7 heteroatoms. The summed E-state index contributed by atoms with van der Waals surface area (Å²) in [6.45, 7) is 6.43. The highest BCUT2D eigenvalue weighted by molar-refractivity contribution is 9.10. The number of nitrogens with zero attached hydrogens (tertiary/aromatic N) is 1. The molecule has 0 aliphatic heterocycles. The zero-order valence-corrected chi connectivity index (χ0v) is 19.2. The summed E-state index contributed by atoms with van der Waals surface area (Å²) in [7, 11) is 0. The number of carbonyl (C=O) groups excluding carboxylic acids is 2.